The van der Waals surface area contributed by atoms with Gasteiger partial charge in [0.2, 0.25) is 5.91 Å². The minimum Gasteiger partial charge on any atom is -0.326 e. The van der Waals surface area contributed by atoms with Gasteiger partial charge in [-0.2, -0.15) is 5.10 Å². The summed E-state index contributed by atoms with van der Waals surface area (Å²) in [5, 5.41) is 12.1. The first-order valence-electron chi connectivity index (χ1n) is 9.48. The molecule has 0 spiro atoms. The first-order chi connectivity index (χ1) is 15.3. The van der Waals surface area contributed by atoms with E-state index < -0.39 is 5.91 Å². The second-order valence-electron chi connectivity index (χ2n) is 6.89. The number of rotatable bonds is 5. The lowest BCUT2D eigenvalue weighted by Crippen LogP contribution is -2.13. The Balaban J connectivity index is 1.52. The number of anilines is 2. The van der Waals surface area contributed by atoms with E-state index in [0.717, 1.165) is 5.56 Å². The molecule has 2 heterocycles. The van der Waals surface area contributed by atoms with Crippen LogP contribution in [0.3, 0.4) is 0 Å². The van der Waals surface area contributed by atoms with Crippen molar-refractivity contribution in [2.75, 3.05) is 10.6 Å². The number of benzene rings is 2. The van der Waals surface area contributed by atoms with Crippen LogP contribution in [0.4, 0.5) is 15.2 Å². The summed E-state index contributed by atoms with van der Waals surface area (Å²) in [6.07, 6.45) is 0. The van der Waals surface area contributed by atoms with Gasteiger partial charge < -0.3 is 5.32 Å². The molecule has 4 aromatic rings. The van der Waals surface area contributed by atoms with Gasteiger partial charge in [-0.25, -0.2) is 14.1 Å². The van der Waals surface area contributed by atoms with Crippen molar-refractivity contribution >= 4 is 45.6 Å². The topological polar surface area (TPSA) is 88.9 Å². The third kappa shape index (κ3) is 4.53. The molecule has 4 rings (SSSR count). The first kappa shape index (κ1) is 21.7. The van der Waals surface area contributed by atoms with Gasteiger partial charge in [-0.15, -0.1) is 11.3 Å². The van der Waals surface area contributed by atoms with E-state index in [9.17, 15) is 14.0 Å². The van der Waals surface area contributed by atoms with Crippen molar-refractivity contribution in [1.82, 2.24) is 14.8 Å². The monoisotopic (exact) mass is 469 g/mol. The van der Waals surface area contributed by atoms with Crippen LogP contribution in [-0.4, -0.2) is 26.6 Å². The van der Waals surface area contributed by atoms with Gasteiger partial charge in [0.05, 0.1) is 17.1 Å². The van der Waals surface area contributed by atoms with Gasteiger partial charge in [0, 0.05) is 23.6 Å². The van der Waals surface area contributed by atoms with Crippen LogP contribution in [0.2, 0.25) is 5.15 Å². The number of hydrogen-bond acceptors (Lipinski definition) is 5. The lowest BCUT2D eigenvalue weighted by atomic mass is 10.1. The average Bonchev–Trinajstić information content (AvgIpc) is 3.32. The van der Waals surface area contributed by atoms with Gasteiger partial charge in [-0.05, 0) is 43.3 Å². The van der Waals surface area contributed by atoms with E-state index in [1.807, 2.05) is 17.5 Å². The molecule has 0 bridgehead atoms. The number of nitrogens with one attached hydrogen (secondary N) is 2. The van der Waals surface area contributed by atoms with E-state index in [1.165, 1.54) is 47.2 Å². The second kappa shape index (κ2) is 8.89. The molecule has 32 heavy (non-hydrogen) atoms. The SMILES string of the molecule is CC(=O)Nc1ccc(-c2csc(NC(=O)c3c(C)nn(-c4ccc(F)cc4)c3Cl)n2)cc1. The predicted octanol–water partition coefficient (Wildman–Crippen LogP) is 5.31. The minimum absolute atomic E-state index is 0.122. The van der Waals surface area contributed by atoms with E-state index in [2.05, 4.69) is 20.7 Å². The standard InChI is InChI=1S/C22H17ClFN5O2S/c1-12-19(20(23)29(28-12)17-9-5-15(24)6-10-17)21(31)27-22-26-18(11-32-22)14-3-7-16(8-4-14)25-13(2)30/h3-11H,1-2H3,(H,25,30)(H,26,27,31). The molecule has 0 fully saturated rings. The van der Waals surface area contributed by atoms with Crippen LogP contribution in [0, 0.1) is 12.7 Å². The molecular weight excluding hydrogens is 453 g/mol. The summed E-state index contributed by atoms with van der Waals surface area (Å²) in [6.45, 7) is 3.12. The molecular formula is C22H17ClFN5O2S. The number of aromatic nitrogens is 3. The summed E-state index contributed by atoms with van der Waals surface area (Å²) in [6, 6.07) is 12.9. The Hall–Kier alpha value is -3.56. The van der Waals surface area contributed by atoms with Crippen molar-refractivity contribution in [2.24, 2.45) is 0 Å². The van der Waals surface area contributed by atoms with Gasteiger partial charge in [0.15, 0.2) is 5.13 Å². The quantitative estimate of drug-likeness (QED) is 0.414. The van der Waals surface area contributed by atoms with Gasteiger partial charge in [0.1, 0.15) is 16.5 Å². The summed E-state index contributed by atoms with van der Waals surface area (Å²) in [5.41, 5.74) is 3.40. The second-order valence-corrected chi connectivity index (χ2v) is 8.11. The van der Waals surface area contributed by atoms with E-state index in [0.29, 0.717) is 27.9 Å². The zero-order chi connectivity index (χ0) is 22.8. The van der Waals surface area contributed by atoms with Crippen molar-refractivity contribution in [1.29, 1.82) is 0 Å². The van der Waals surface area contributed by atoms with Crippen LogP contribution in [0.5, 0.6) is 0 Å². The first-order valence-corrected chi connectivity index (χ1v) is 10.7. The van der Waals surface area contributed by atoms with Crippen molar-refractivity contribution in [3.05, 3.63) is 76.1 Å². The molecule has 0 atom stereocenters. The Kier molecular flexibility index (Phi) is 6.02. The van der Waals surface area contributed by atoms with Gasteiger partial charge in [-0.1, -0.05) is 23.7 Å². The Morgan fingerprint density at radius 3 is 2.41 bits per heavy atom. The van der Waals surface area contributed by atoms with Crippen molar-refractivity contribution in [2.45, 2.75) is 13.8 Å². The molecule has 0 unspecified atom stereocenters. The molecule has 2 amide bonds. The number of carbonyl (C=O) groups excluding carboxylic acids is 2. The minimum atomic E-state index is -0.442. The molecule has 2 N–H and O–H groups in total. The summed E-state index contributed by atoms with van der Waals surface area (Å²) < 4.78 is 14.6. The Labute approximate surface area is 191 Å². The smallest absolute Gasteiger partial charge is 0.262 e. The maximum Gasteiger partial charge on any atom is 0.262 e. The van der Waals surface area contributed by atoms with Crippen LogP contribution in [0.1, 0.15) is 23.0 Å². The van der Waals surface area contributed by atoms with E-state index in [-0.39, 0.29) is 22.4 Å². The van der Waals surface area contributed by atoms with Crippen LogP contribution in [-0.2, 0) is 4.79 Å². The normalized spacial score (nSPS) is 10.8. The number of hydrogen-bond donors (Lipinski definition) is 2. The highest BCUT2D eigenvalue weighted by molar-refractivity contribution is 7.14. The Morgan fingerprint density at radius 2 is 1.75 bits per heavy atom. The third-order valence-electron chi connectivity index (χ3n) is 4.53. The summed E-state index contributed by atoms with van der Waals surface area (Å²) >= 11 is 7.69. The van der Waals surface area contributed by atoms with Crippen molar-refractivity contribution < 1.29 is 14.0 Å². The maximum absolute atomic E-state index is 13.2. The molecule has 2 aromatic heterocycles. The summed E-state index contributed by atoms with van der Waals surface area (Å²) in [5.74, 6) is -0.966. The highest BCUT2D eigenvalue weighted by Gasteiger charge is 2.22. The highest BCUT2D eigenvalue weighted by atomic mass is 35.5. The maximum atomic E-state index is 13.2. The number of thiazole rings is 1. The van der Waals surface area contributed by atoms with E-state index in [1.54, 1.807) is 19.1 Å². The number of aryl methyl sites for hydroxylation is 1. The fraction of sp³-hybridized carbons (Fsp3) is 0.0909. The number of halogens is 2. The van der Waals surface area contributed by atoms with Crippen molar-refractivity contribution in [3.63, 3.8) is 0 Å². The van der Waals surface area contributed by atoms with Crippen LogP contribution in [0.15, 0.2) is 53.9 Å². The lowest BCUT2D eigenvalue weighted by Gasteiger charge is -2.04. The summed E-state index contributed by atoms with van der Waals surface area (Å²) in [4.78, 5) is 28.5. The van der Waals surface area contributed by atoms with Crippen LogP contribution in [0.25, 0.3) is 16.9 Å². The molecule has 7 nitrogen and oxygen atoms in total. The largest absolute Gasteiger partial charge is 0.326 e. The third-order valence-corrected chi connectivity index (χ3v) is 5.63. The number of carbonyl (C=O) groups is 2. The average molecular weight is 470 g/mol. The molecule has 0 aliphatic heterocycles. The molecule has 162 valence electrons. The molecule has 0 saturated heterocycles. The summed E-state index contributed by atoms with van der Waals surface area (Å²) in [7, 11) is 0. The van der Waals surface area contributed by atoms with Gasteiger partial charge in [0.25, 0.3) is 5.91 Å². The number of amides is 2. The lowest BCUT2D eigenvalue weighted by molar-refractivity contribution is -0.114. The van der Waals surface area contributed by atoms with E-state index in [4.69, 9.17) is 11.6 Å². The van der Waals surface area contributed by atoms with Crippen LogP contribution < -0.4 is 10.6 Å². The van der Waals surface area contributed by atoms with Gasteiger partial charge >= 0.3 is 0 Å². The molecule has 0 radical (unpaired) electrons. The molecule has 0 saturated carbocycles. The number of nitrogens with zero attached hydrogens (tertiary/aromatic N) is 3. The Bertz CT molecular complexity index is 1300. The molecule has 0 aliphatic rings. The predicted molar refractivity (Wildman–Crippen MR) is 123 cm³/mol. The molecule has 0 aliphatic carbocycles. The fourth-order valence-corrected chi connectivity index (χ4v) is 4.13. The molecule has 10 heteroatoms. The fourth-order valence-electron chi connectivity index (χ4n) is 3.06. The molecule has 2 aromatic carbocycles. The van der Waals surface area contributed by atoms with Crippen LogP contribution >= 0.6 is 22.9 Å². The van der Waals surface area contributed by atoms with Crippen molar-refractivity contribution in [3.8, 4) is 16.9 Å². The zero-order valence-corrected chi connectivity index (χ0v) is 18.6. The zero-order valence-electron chi connectivity index (χ0n) is 17.0. The van der Waals surface area contributed by atoms with Gasteiger partial charge in [-0.3, -0.25) is 14.9 Å². The highest BCUT2D eigenvalue weighted by Crippen LogP contribution is 2.28. The van der Waals surface area contributed by atoms with E-state index >= 15 is 0 Å². The Morgan fingerprint density at radius 1 is 1.06 bits per heavy atom.